The molecule has 1 amide bonds. The Bertz CT molecular complexity index is 657. The van der Waals surface area contributed by atoms with Gasteiger partial charge in [0.15, 0.2) is 11.6 Å². The van der Waals surface area contributed by atoms with Crippen LogP contribution >= 0.6 is 0 Å². The van der Waals surface area contributed by atoms with Crippen LogP contribution in [0.4, 0.5) is 15.8 Å². The predicted molar refractivity (Wildman–Crippen MR) is 90.5 cm³/mol. The summed E-state index contributed by atoms with van der Waals surface area (Å²) < 4.78 is 18.4. The van der Waals surface area contributed by atoms with Gasteiger partial charge in [-0.25, -0.2) is 4.39 Å². The minimum absolute atomic E-state index is 0.0580. The second-order valence-corrected chi connectivity index (χ2v) is 5.20. The third-order valence-corrected chi connectivity index (χ3v) is 3.38. The number of carbonyl (C=O) groups is 1. The van der Waals surface area contributed by atoms with E-state index in [-0.39, 0.29) is 18.2 Å². The Hall–Kier alpha value is -2.56. The topological polar surface area (TPSA) is 50.4 Å². The number of amides is 1. The fourth-order valence-electron chi connectivity index (χ4n) is 2.21. The summed E-state index contributed by atoms with van der Waals surface area (Å²) in [5.74, 6) is -0.485. The van der Waals surface area contributed by atoms with Crippen molar-refractivity contribution in [3.8, 4) is 5.75 Å². The molecule has 0 saturated heterocycles. The molecule has 0 fully saturated rings. The van der Waals surface area contributed by atoms with Crippen molar-refractivity contribution in [1.29, 1.82) is 0 Å². The quantitative estimate of drug-likeness (QED) is 0.816. The molecule has 0 bridgehead atoms. The van der Waals surface area contributed by atoms with Crippen LogP contribution < -0.4 is 15.4 Å². The maximum absolute atomic E-state index is 13.6. The first kappa shape index (κ1) is 16.8. The van der Waals surface area contributed by atoms with Crippen molar-refractivity contribution in [2.45, 2.75) is 19.8 Å². The standard InChI is InChI=1S/C18H21FN2O2/c1-3-4-13-5-7-14(8-6-13)21-18(22)12-20-15-9-10-17(23-2)16(19)11-15/h5-11,20H,3-4,12H2,1-2H3,(H,21,22). The van der Waals surface area contributed by atoms with Gasteiger partial charge in [0.05, 0.1) is 13.7 Å². The summed E-state index contributed by atoms with van der Waals surface area (Å²) >= 11 is 0. The summed E-state index contributed by atoms with van der Waals surface area (Å²) in [4.78, 5) is 11.9. The zero-order valence-corrected chi connectivity index (χ0v) is 13.4. The van der Waals surface area contributed by atoms with Crippen LogP contribution in [0, 0.1) is 5.82 Å². The number of hydrogen-bond acceptors (Lipinski definition) is 3. The molecule has 5 heteroatoms. The number of benzene rings is 2. The molecular formula is C18H21FN2O2. The van der Waals surface area contributed by atoms with Crippen LogP contribution in [0.25, 0.3) is 0 Å². The van der Waals surface area contributed by atoms with E-state index in [1.807, 2.05) is 24.3 Å². The number of methoxy groups -OCH3 is 1. The number of hydrogen-bond donors (Lipinski definition) is 2. The number of nitrogens with one attached hydrogen (secondary N) is 2. The highest BCUT2D eigenvalue weighted by Crippen LogP contribution is 2.20. The minimum Gasteiger partial charge on any atom is -0.494 e. The van der Waals surface area contributed by atoms with Gasteiger partial charge in [0, 0.05) is 17.4 Å². The van der Waals surface area contributed by atoms with Crippen molar-refractivity contribution >= 4 is 17.3 Å². The smallest absolute Gasteiger partial charge is 0.243 e. The average Bonchev–Trinajstić information content (AvgIpc) is 2.55. The Morgan fingerprint density at radius 1 is 1.13 bits per heavy atom. The van der Waals surface area contributed by atoms with Crippen LogP contribution in [0.3, 0.4) is 0 Å². The minimum atomic E-state index is -0.468. The summed E-state index contributed by atoms with van der Waals surface area (Å²) in [5.41, 5.74) is 2.52. The molecule has 0 spiro atoms. The van der Waals surface area contributed by atoms with E-state index in [0.717, 1.165) is 18.5 Å². The van der Waals surface area contributed by atoms with Gasteiger partial charge in [-0.1, -0.05) is 25.5 Å². The normalized spacial score (nSPS) is 10.2. The van der Waals surface area contributed by atoms with Gasteiger partial charge in [-0.05, 0) is 36.2 Å². The molecule has 122 valence electrons. The summed E-state index contributed by atoms with van der Waals surface area (Å²) in [5, 5.41) is 5.68. The van der Waals surface area contributed by atoms with Crippen molar-refractivity contribution in [2.75, 3.05) is 24.3 Å². The highest BCUT2D eigenvalue weighted by molar-refractivity contribution is 5.93. The van der Waals surface area contributed by atoms with Gasteiger partial charge in [-0.15, -0.1) is 0 Å². The molecule has 0 atom stereocenters. The van der Waals surface area contributed by atoms with Crippen molar-refractivity contribution in [3.05, 3.63) is 53.8 Å². The molecule has 0 unspecified atom stereocenters. The van der Waals surface area contributed by atoms with Crippen LogP contribution in [0.2, 0.25) is 0 Å². The lowest BCUT2D eigenvalue weighted by atomic mass is 10.1. The van der Waals surface area contributed by atoms with Gasteiger partial charge in [0.1, 0.15) is 0 Å². The molecule has 2 N–H and O–H groups in total. The lowest BCUT2D eigenvalue weighted by Crippen LogP contribution is -2.21. The Balaban J connectivity index is 1.86. The van der Waals surface area contributed by atoms with Crippen molar-refractivity contribution in [1.82, 2.24) is 0 Å². The van der Waals surface area contributed by atoms with E-state index >= 15 is 0 Å². The van der Waals surface area contributed by atoms with Gasteiger partial charge in [-0.2, -0.15) is 0 Å². The van der Waals surface area contributed by atoms with E-state index < -0.39 is 5.82 Å². The van der Waals surface area contributed by atoms with E-state index in [1.54, 1.807) is 6.07 Å². The highest BCUT2D eigenvalue weighted by atomic mass is 19.1. The lowest BCUT2D eigenvalue weighted by Gasteiger charge is -2.09. The van der Waals surface area contributed by atoms with E-state index in [9.17, 15) is 9.18 Å². The third kappa shape index (κ3) is 4.98. The van der Waals surface area contributed by atoms with E-state index in [1.165, 1.54) is 24.8 Å². The largest absolute Gasteiger partial charge is 0.494 e. The SMILES string of the molecule is CCCc1ccc(NC(=O)CNc2ccc(OC)c(F)c2)cc1. The Morgan fingerprint density at radius 3 is 2.43 bits per heavy atom. The molecule has 0 saturated carbocycles. The fourth-order valence-corrected chi connectivity index (χ4v) is 2.21. The van der Waals surface area contributed by atoms with Crippen LogP contribution in [0.15, 0.2) is 42.5 Å². The highest BCUT2D eigenvalue weighted by Gasteiger charge is 2.06. The molecule has 0 radical (unpaired) electrons. The molecule has 2 rings (SSSR count). The zero-order chi connectivity index (χ0) is 16.7. The number of ether oxygens (including phenoxy) is 1. The second kappa shape index (κ2) is 8.17. The van der Waals surface area contributed by atoms with Gasteiger partial charge < -0.3 is 15.4 Å². The Kier molecular flexibility index (Phi) is 5.97. The van der Waals surface area contributed by atoms with E-state index in [2.05, 4.69) is 17.6 Å². The number of rotatable bonds is 7. The molecule has 23 heavy (non-hydrogen) atoms. The summed E-state index contributed by atoms with van der Waals surface area (Å²) in [6, 6.07) is 12.3. The summed E-state index contributed by atoms with van der Waals surface area (Å²) in [6.45, 7) is 2.19. The first-order chi connectivity index (χ1) is 11.1. The van der Waals surface area contributed by atoms with Crippen LogP contribution in [-0.2, 0) is 11.2 Å². The van der Waals surface area contributed by atoms with Crippen molar-refractivity contribution < 1.29 is 13.9 Å². The zero-order valence-electron chi connectivity index (χ0n) is 13.4. The predicted octanol–water partition coefficient (Wildman–Crippen LogP) is 3.84. The van der Waals surface area contributed by atoms with Crippen molar-refractivity contribution in [3.63, 3.8) is 0 Å². The maximum atomic E-state index is 13.6. The number of anilines is 2. The van der Waals surface area contributed by atoms with Crippen LogP contribution in [-0.4, -0.2) is 19.6 Å². The number of halogens is 1. The van der Waals surface area contributed by atoms with E-state index in [0.29, 0.717) is 5.69 Å². The van der Waals surface area contributed by atoms with Gasteiger partial charge in [0.25, 0.3) is 0 Å². The molecule has 4 nitrogen and oxygen atoms in total. The van der Waals surface area contributed by atoms with Crippen LogP contribution in [0.1, 0.15) is 18.9 Å². The molecule has 0 aromatic heterocycles. The molecule has 0 heterocycles. The lowest BCUT2D eigenvalue weighted by molar-refractivity contribution is -0.114. The summed E-state index contributed by atoms with van der Waals surface area (Å²) in [7, 11) is 1.41. The molecule has 2 aromatic carbocycles. The van der Waals surface area contributed by atoms with Crippen molar-refractivity contribution in [2.24, 2.45) is 0 Å². The Morgan fingerprint density at radius 2 is 1.83 bits per heavy atom. The van der Waals surface area contributed by atoms with E-state index in [4.69, 9.17) is 4.74 Å². The second-order valence-electron chi connectivity index (χ2n) is 5.20. The molecule has 0 aliphatic carbocycles. The third-order valence-electron chi connectivity index (χ3n) is 3.38. The average molecular weight is 316 g/mol. The van der Waals surface area contributed by atoms with Gasteiger partial charge in [0.2, 0.25) is 5.91 Å². The molecule has 2 aromatic rings. The fraction of sp³-hybridized carbons (Fsp3) is 0.278. The maximum Gasteiger partial charge on any atom is 0.243 e. The monoisotopic (exact) mass is 316 g/mol. The number of aryl methyl sites for hydroxylation is 1. The molecular weight excluding hydrogens is 295 g/mol. The van der Waals surface area contributed by atoms with Crippen LogP contribution in [0.5, 0.6) is 5.75 Å². The molecule has 0 aliphatic heterocycles. The summed E-state index contributed by atoms with van der Waals surface area (Å²) in [6.07, 6.45) is 2.12. The van der Waals surface area contributed by atoms with Gasteiger partial charge >= 0.3 is 0 Å². The number of carbonyl (C=O) groups excluding carboxylic acids is 1. The molecule has 0 aliphatic rings. The first-order valence-corrected chi connectivity index (χ1v) is 7.58. The Labute approximate surface area is 135 Å². The first-order valence-electron chi connectivity index (χ1n) is 7.58. The van der Waals surface area contributed by atoms with Gasteiger partial charge in [-0.3, -0.25) is 4.79 Å².